The van der Waals surface area contributed by atoms with Crippen molar-refractivity contribution in [3.8, 4) is 0 Å². The molecule has 0 spiro atoms. The number of hydrogen-bond acceptors (Lipinski definition) is 3. The molecular weight excluding hydrogens is 230 g/mol. The molecule has 0 aliphatic heterocycles. The predicted molar refractivity (Wildman–Crippen MR) is 68.3 cm³/mol. The van der Waals surface area contributed by atoms with Crippen LogP contribution in [-0.2, 0) is 4.74 Å². The number of imidazole rings is 1. The van der Waals surface area contributed by atoms with E-state index in [0.29, 0.717) is 6.04 Å². The fourth-order valence-electron chi connectivity index (χ4n) is 1.87. The first kappa shape index (κ1) is 12.9. The second kappa shape index (κ2) is 4.63. The molecule has 1 saturated carbocycles. The van der Waals surface area contributed by atoms with E-state index in [1.807, 2.05) is 34.0 Å². The third-order valence-electron chi connectivity index (χ3n) is 2.81. The van der Waals surface area contributed by atoms with Gasteiger partial charge in [0.2, 0.25) is 0 Å². The van der Waals surface area contributed by atoms with Crippen LogP contribution in [0.3, 0.4) is 0 Å². The first-order valence-corrected chi connectivity index (χ1v) is 6.38. The number of nitrogens with one attached hydrogen (secondary N) is 1. The normalized spacial score (nSPS) is 17.3. The molecule has 0 bridgehead atoms. The summed E-state index contributed by atoms with van der Waals surface area (Å²) in [4.78, 5) is 15.9. The van der Waals surface area contributed by atoms with E-state index in [4.69, 9.17) is 4.74 Å². The summed E-state index contributed by atoms with van der Waals surface area (Å²) in [7, 11) is 0. The highest BCUT2D eigenvalue weighted by Gasteiger charge is 2.27. The van der Waals surface area contributed by atoms with Crippen LogP contribution in [0.4, 0.5) is 4.79 Å². The molecule has 1 aliphatic rings. The smallest absolute Gasteiger partial charge is 0.408 e. The van der Waals surface area contributed by atoms with Crippen molar-refractivity contribution < 1.29 is 9.53 Å². The minimum Gasteiger partial charge on any atom is -0.444 e. The summed E-state index contributed by atoms with van der Waals surface area (Å²) in [6.07, 6.45) is 5.64. The van der Waals surface area contributed by atoms with Crippen molar-refractivity contribution in [2.24, 2.45) is 0 Å². The van der Waals surface area contributed by atoms with Crippen molar-refractivity contribution in [3.05, 3.63) is 18.2 Å². The van der Waals surface area contributed by atoms with Gasteiger partial charge in [-0.25, -0.2) is 9.78 Å². The van der Waals surface area contributed by atoms with Gasteiger partial charge < -0.3 is 14.6 Å². The van der Waals surface area contributed by atoms with Gasteiger partial charge in [-0.15, -0.1) is 0 Å². The summed E-state index contributed by atoms with van der Waals surface area (Å²) in [6.45, 7) is 7.50. The highest BCUT2D eigenvalue weighted by atomic mass is 16.6. The molecule has 1 N–H and O–H groups in total. The minimum atomic E-state index is -0.472. The van der Waals surface area contributed by atoms with E-state index < -0.39 is 11.7 Å². The molecule has 1 fully saturated rings. The van der Waals surface area contributed by atoms with Gasteiger partial charge in [0, 0.05) is 6.04 Å². The molecule has 2 rings (SSSR count). The zero-order valence-electron chi connectivity index (χ0n) is 11.4. The molecule has 1 aromatic heterocycles. The fourth-order valence-corrected chi connectivity index (χ4v) is 1.87. The topological polar surface area (TPSA) is 56.1 Å². The highest BCUT2D eigenvalue weighted by molar-refractivity contribution is 5.68. The molecule has 1 aromatic rings. The van der Waals surface area contributed by atoms with Crippen LogP contribution >= 0.6 is 0 Å². The maximum absolute atomic E-state index is 11.7. The van der Waals surface area contributed by atoms with Gasteiger partial charge in [0.25, 0.3) is 0 Å². The van der Waals surface area contributed by atoms with E-state index in [-0.39, 0.29) is 6.04 Å². The first-order chi connectivity index (χ1) is 8.37. The zero-order chi connectivity index (χ0) is 13.3. The van der Waals surface area contributed by atoms with Crippen LogP contribution in [0.5, 0.6) is 0 Å². The quantitative estimate of drug-likeness (QED) is 0.898. The van der Waals surface area contributed by atoms with Crippen LogP contribution in [0, 0.1) is 0 Å². The fraction of sp³-hybridized carbons (Fsp3) is 0.692. The number of rotatable bonds is 3. The molecule has 1 heterocycles. The van der Waals surface area contributed by atoms with E-state index in [0.717, 1.165) is 5.69 Å². The average molecular weight is 251 g/mol. The Kier molecular flexibility index (Phi) is 3.32. The number of aromatic nitrogens is 2. The maximum atomic E-state index is 11.7. The standard InChI is InChI=1S/C13H21N3O2/c1-9(15-12(17)18-13(2,3)4)11-7-14-8-16(11)10-5-6-10/h7-10H,5-6H2,1-4H3,(H,15,17). The van der Waals surface area contributed by atoms with Crippen LogP contribution in [0.15, 0.2) is 12.5 Å². The van der Waals surface area contributed by atoms with Gasteiger partial charge in [0.15, 0.2) is 0 Å². The van der Waals surface area contributed by atoms with Crippen molar-refractivity contribution in [2.75, 3.05) is 0 Å². The zero-order valence-corrected chi connectivity index (χ0v) is 11.4. The Morgan fingerprint density at radius 3 is 2.78 bits per heavy atom. The number of ether oxygens (including phenoxy) is 1. The number of carbonyl (C=O) groups excluding carboxylic acids is 1. The molecule has 1 unspecified atom stereocenters. The van der Waals surface area contributed by atoms with Crippen molar-refractivity contribution in [2.45, 2.75) is 58.2 Å². The lowest BCUT2D eigenvalue weighted by molar-refractivity contribution is 0.0506. The summed E-state index contributed by atoms with van der Waals surface area (Å²) in [5.74, 6) is 0. The summed E-state index contributed by atoms with van der Waals surface area (Å²) in [6, 6.07) is 0.466. The van der Waals surface area contributed by atoms with Crippen LogP contribution in [-0.4, -0.2) is 21.2 Å². The van der Waals surface area contributed by atoms with Crippen molar-refractivity contribution in [1.82, 2.24) is 14.9 Å². The number of amides is 1. The third kappa shape index (κ3) is 3.24. The van der Waals surface area contributed by atoms with Gasteiger partial charge in [-0.05, 0) is 40.5 Å². The Balaban J connectivity index is 1.96. The van der Waals surface area contributed by atoms with E-state index in [2.05, 4.69) is 14.9 Å². The second-order valence-corrected chi connectivity index (χ2v) is 5.82. The second-order valence-electron chi connectivity index (χ2n) is 5.82. The number of carbonyl (C=O) groups is 1. The van der Waals surface area contributed by atoms with Gasteiger partial charge in [-0.2, -0.15) is 0 Å². The van der Waals surface area contributed by atoms with E-state index in [9.17, 15) is 4.79 Å². The van der Waals surface area contributed by atoms with Gasteiger partial charge in [-0.1, -0.05) is 0 Å². The van der Waals surface area contributed by atoms with Gasteiger partial charge >= 0.3 is 6.09 Å². The average Bonchev–Trinajstić information content (AvgIpc) is 2.92. The highest BCUT2D eigenvalue weighted by Crippen LogP contribution is 2.36. The van der Waals surface area contributed by atoms with Crippen molar-refractivity contribution >= 4 is 6.09 Å². The Labute approximate surface area is 108 Å². The third-order valence-corrected chi connectivity index (χ3v) is 2.81. The van der Waals surface area contributed by atoms with Crippen LogP contribution in [0.25, 0.3) is 0 Å². The summed E-state index contributed by atoms with van der Waals surface area (Å²) < 4.78 is 7.38. The van der Waals surface area contributed by atoms with Gasteiger partial charge in [0.1, 0.15) is 5.60 Å². The molecule has 100 valence electrons. The summed E-state index contributed by atoms with van der Waals surface area (Å²) in [5, 5.41) is 2.84. The summed E-state index contributed by atoms with van der Waals surface area (Å²) >= 11 is 0. The summed E-state index contributed by atoms with van der Waals surface area (Å²) in [5.41, 5.74) is 0.559. The number of nitrogens with zero attached hydrogens (tertiary/aromatic N) is 2. The predicted octanol–water partition coefficient (Wildman–Crippen LogP) is 2.80. The largest absolute Gasteiger partial charge is 0.444 e. The SMILES string of the molecule is CC(NC(=O)OC(C)(C)C)c1cncn1C1CC1. The minimum absolute atomic E-state index is 0.0945. The molecule has 0 aromatic carbocycles. The van der Waals surface area contributed by atoms with E-state index >= 15 is 0 Å². The molecule has 18 heavy (non-hydrogen) atoms. The molecule has 5 heteroatoms. The monoisotopic (exact) mass is 251 g/mol. The molecule has 0 radical (unpaired) electrons. The lowest BCUT2D eigenvalue weighted by atomic mass is 10.2. The van der Waals surface area contributed by atoms with Crippen LogP contribution in [0.1, 0.15) is 58.3 Å². The lowest BCUT2D eigenvalue weighted by Crippen LogP contribution is -2.34. The molecule has 5 nitrogen and oxygen atoms in total. The van der Waals surface area contributed by atoms with E-state index in [1.165, 1.54) is 12.8 Å². The molecular formula is C13H21N3O2. The van der Waals surface area contributed by atoms with Crippen LogP contribution < -0.4 is 5.32 Å². The van der Waals surface area contributed by atoms with Crippen molar-refractivity contribution in [1.29, 1.82) is 0 Å². The first-order valence-electron chi connectivity index (χ1n) is 6.38. The number of alkyl carbamates (subject to hydrolysis) is 1. The molecule has 1 aliphatic carbocycles. The van der Waals surface area contributed by atoms with Crippen LogP contribution in [0.2, 0.25) is 0 Å². The molecule has 1 atom stereocenters. The van der Waals surface area contributed by atoms with Gasteiger partial charge in [-0.3, -0.25) is 0 Å². The van der Waals surface area contributed by atoms with Crippen molar-refractivity contribution in [3.63, 3.8) is 0 Å². The Morgan fingerprint density at radius 2 is 2.22 bits per heavy atom. The Bertz CT molecular complexity index is 430. The Hall–Kier alpha value is -1.52. The van der Waals surface area contributed by atoms with E-state index in [1.54, 1.807) is 6.20 Å². The lowest BCUT2D eigenvalue weighted by Gasteiger charge is -2.22. The maximum Gasteiger partial charge on any atom is 0.408 e. The Morgan fingerprint density at radius 1 is 1.56 bits per heavy atom. The molecule has 1 amide bonds. The van der Waals surface area contributed by atoms with Gasteiger partial charge in [0.05, 0.1) is 24.3 Å². The molecule has 0 saturated heterocycles. The number of hydrogen-bond donors (Lipinski definition) is 1.